The van der Waals surface area contributed by atoms with Crippen LogP contribution in [0.5, 0.6) is 0 Å². The fourth-order valence-electron chi connectivity index (χ4n) is 1.43. The van der Waals surface area contributed by atoms with Gasteiger partial charge in [-0.05, 0) is 30.0 Å². The Morgan fingerprint density at radius 3 is 3.07 bits per heavy atom. The minimum absolute atomic E-state index is 0.154. The first-order chi connectivity index (χ1) is 6.83. The molecule has 2 aromatic rings. The highest BCUT2D eigenvalue weighted by molar-refractivity contribution is 7.17. The number of rotatable bonds is 3. The smallest absolute Gasteiger partial charge is 0.132 e. The molecule has 0 atom stereocenters. The van der Waals surface area contributed by atoms with Gasteiger partial charge in [0, 0.05) is 16.7 Å². The molecule has 0 spiro atoms. The van der Waals surface area contributed by atoms with Gasteiger partial charge in [-0.15, -0.1) is 11.3 Å². The summed E-state index contributed by atoms with van der Waals surface area (Å²) >= 11 is 1.56. The van der Waals surface area contributed by atoms with Crippen molar-refractivity contribution in [2.75, 3.05) is 6.61 Å². The summed E-state index contributed by atoms with van der Waals surface area (Å²) in [6.07, 6.45) is 0. The number of ether oxygens (including phenoxy) is 1. The van der Waals surface area contributed by atoms with Crippen molar-refractivity contribution in [2.45, 2.75) is 13.5 Å². The number of fused-ring (bicyclic) bond motifs is 1. The van der Waals surface area contributed by atoms with Gasteiger partial charge in [0.15, 0.2) is 0 Å². The van der Waals surface area contributed by atoms with Gasteiger partial charge in [-0.2, -0.15) is 0 Å². The lowest BCUT2D eigenvalue weighted by atomic mass is 10.2. The summed E-state index contributed by atoms with van der Waals surface area (Å²) in [7, 11) is 0. The number of thiophene rings is 1. The van der Waals surface area contributed by atoms with E-state index < -0.39 is 0 Å². The Hall–Kier alpha value is -0.930. The lowest BCUT2D eigenvalue weighted by Crippen LogP contribution is -1.91. The van der Waals surface area contributed by atoms with Crippen LogP contribution in [0.2, 0.25) is 0 Å². The molecule has 0 bridgehead atoms. The van der Waals surface area contributed by atoms with Crippen LogP contribution >= 0.6 is 11.3 Å². The minimum atomic E-state index is -0.154. The molecule has 1 aromatic heterocycles. The highest BCUT2D eigenvalue weighted by Gasteiger charge is 2.07. The number of hydrogen-bond donors (Lipinski definition) is 0. The summed E-state index contributed by atoms with van der Waals surface area (Å²) in [6, 6.07) is 5.15. The van der Waals surface area contributed by atoms with E-state index in [-0.39, 0.29) is 5.82 Å². The van der Waals surface area contributed by atoms with Gasteiger partial charge in [-0.1, -0.05) is 6.07 Å². The zero-order valence-corrected chi connectivity index (χ0v) is 8.73. The molecule has 0 aliphatic heterocycles. The third kappa shape index (κ3) is 1.65. The van der Waals surface area contributed by atoms with Crippen LogP contribution in [0.3, 0.4) is 0 Å². The molecule has 0 unspecified atom stereocenters. The van der Waals surface area contributed by atoms with Crippen molar-refractivity contribution in [3.63, 3.8) is 0 Å². The van der Waals surface area contributed by atoms with Gasteiger partial charge in [0.25, 0.3) is 0 Å². The summed E-state index contributed by atoms with van der Waals surface area (Å²) in [5.41, 5.74) is 0.949. The van der Waals surface area contributed by atoms with E-state index in [1.807, 2.05) is 18.4 Å². The Balaban J connectivity index is 2.45. The minimum Gasteiger partial charge on any atom is -0.377 e. The summed E-state index contributed by atoms with van der Waals surface area (Å²) in [5, 5.41) is 2.68. The molecule has 0 radical (unpaired) electrons. The molecule has 1 heterocycles. The van der Waals surface area contributed by atoms with Crippen LogP contribution in [-0.4, -0.2) is 6.61 Å². The van der Waals surface area contributed by atoms with E-state index in [0.717, 1.165) is 10.3 Å². The van der Waals surface area contributed by atoms with E-state index in [1.54, 1.807) is 17.4 Å². The van der Waals surface area contributed by atoms with Gasteiger partial charge in [-0.25, -0.2) is 4.39 Å². The second-order valence-electron chi connectivity index (χ2n) is 3.01. The summed E-state index contributed by atoms with van der Waals surface area (Å²) in [6.45, 7) is 3.09. The number of halogens is 1. The molecule has 74 valence electrons. The van der Waals surface area contributed by atoms with Gasteiger partial charge >= 0.3 is 0 Å². The maximum absolute atomic E-state index is 13.5. The SMILES string of the molecule is CCOCc1csc2cccc(F)c12. The molecule has 0 aliphatic rings. The third-order valence-corrected chi connectivity index (χ3v) is 3.08. The van der Waals surface area contributed by atoms with Crippen LogP contribution in [0.25, 0.3) is 10.1 Å². The Kier molecular flexibility index (Phi) is 2.79. The molecule has 0 fully saturated rings. The number of hydrogen-bond acceptors (Lipinski definition) is 2. The Bertz CT molecular complexity index is 436. The molecule has 3 heteroatoms. The van der Waals surface area contributed by atoms with E-state index in [9.17, 15) is 4.39 Å². The van der Waals surface area contributed by atoms with Crippen molar-refractivity contribution in [3.05, 3.63) is 35.0 Å². The average Bonchev–Trinajstić information content (AvgIpc) is 2.59. The Morgan fingerprint density at radius 1 is 1.43 bits per heavy atom. The zero-order valence-electron chi connectivity index (χ0n) is 7.92. The van der Waals surface area contributed by atoms with Gasteiger partial charge in [0.2, 0.25) is 0 Å². The van der Waals surface area contributed by atoms with Crippen molar-refractivity contribution in [1.82, 2.24) is 0 Å². The molecular formula is C11H11FOS. The second-order valence-corrected chi connectivity index (χ2v) is 3.92. The fraction of sp³-hybridized carbons (Fsp3) is 0.273. The molecule has 0 saturated carbocycles. The summed E-state index contributed by atoms with van der Waals surface area (Å²) < 4.78 is 19.7. The van der Waals surface area contributed by atoms with E-state index in [4.69, 9.17) is 4.74 Å². The van der Waals surface area contributed by atoms with E-state index in [0.29, 0.717) is 18.6 Å². The van der Waals surface area contributed by atoms with Crippen LogP contribution in [0.1, 0.15) is 12.5 Å². The van der Waals surface area contributed by atoms with E-state index in [1.165, 1.54) is 6.07 Å². The third-order valence-electron chi connectivity index (χ3n) is 2.09. The van der Waals surface area contributed by atoms with Crippen molar-refractivity contribution in [1.29, 1.82) is 0 Å². The topological polar surface area (TPSA) is 9.23 Å². The van der Waals surface area contributed by atoms with Crippen LogP contribution in [0.15, 0.2) is 23.6 Å². The lowest BCUT2D eigenvalue weighted by molar-refractivity contribution is 0.135. The highest BCUT2D eigenvalue weighted by atomic mass is 32.1. The maximum Gasteiger partial charge on any atom is 0.132 e. The van der Waals surface area contributed by atoms with Crippen molar-refractivity contribution in [2.24, 2.45) is 0 Å². The van der Waals surface area contributed by atoms with Crippen molar-refractivity contribution >= 4 is 21.4 Å². The highest BCUT2D eigenvalue weighted by Crippen LogP contribution is 2.28. The first kappa shape index (κ1) is 9.62. The maximum atomic E-state index is 13.5. The lowest BCUT2D eigenvalue weighted by Gasteiger charge is -2.00. The molecule has 0 amide bonds. The van der Waals surface area contributed by atoms with Gasteiger partial charge in [0.1, 0.15) is 5.82 Å². The van der Waals surface area contributed by atoms with Crippen LogP contribution in [-0.2, 0) is 11.3 Å². The monoisotopic (exact) mass is 210 g/mol. The van der Waals surface area contributed by atoms with E-state index in [2.05, 4.69) is 0 Å². The largest absolute Gasteiger partial charge is 0.377 e. The molecule has 14 heavy (non-hydrogen) atoms. The molecular weight excluding hydrogens is 199 g/mol. The first-order valence-corrected chi connectivity index (χ1v) is 5.43. The molecule has 0 aliphatic carbocycles. The Labute approximate surface area is 86.1 Å². The predicted octanol–water partition coefficient (Wildman–Crippen LogP) is 3.58. The standard InChI is InChI=1S/C11H11FOS/c1-2-13-6-8-7-14-10-5-3-4-9(12)11(8)10/h3-5,7H,2,6H2,1H3. The van der Waals surface area contributed by atoms with Crippen LogP contribution in [0, 0.1) is 5.82 Å². The molecule has 0 N–H and O–H groups in total. The predicted molar refractivity (Wildman–Crippen MR) is 57.1 cm³/mol. The molecule has 1 nitrogen and oxygen atoms in total. The first-order valence-electron chi connectivity index (χ1n) is 4.55. The summed E-state index contributed by atoms with van der Waals surface area (Å²) in [4.78, 5) is 0. The van der Waals surface area contributed by atoms with Crippen LogP contribution < -0.4 is 0 Å². The normalized spacial score (nSPS) is 11.0. The molecule has 2 rings (SSSR count). The van der Waals surface area contributed by atoms with Gasteiger partial charge in [-0.3, -0.25) is 0 Å². The molecule has 1 aromatic carbocycles. The number of benzene rings is 1. The van der Waals surface area contributed by atoms with Crippen LogP contribution in [0.4, 0.5) is 4.39 Å². The average molecular weight is 210 g/mol. The van der Waals surface area contributed by atoms with E-state index >= 15 is 0 Å². The van der Waals surface area contributed by atoms with Gasteiger partial charge < -0.3 is 4.74 Å². The molecule has 0 saturated heterocycles. The van der Waals surface area contributed by atoms with Gasteiger partial charge in [0.05, 0.1) is 6.61 Å². The summed E-state index contributed by atoms with van der Waals surface area (Å²) in [5.74, 6) is -0.154. The van der Waals surface area contributed by atoms with Crippen molar-refractivity contribution < 1.29 is 9.13 Å². The second kappa shape index (κ2) is 4.07. The quantitative estimate of drug-likeness (QED) is 0.752. The Morgan fingerprint density at radius 2 is 2.29 bits per heavy atom. The van der Waals surface area contributed by atoms with Crippen molar-refractivity contribution in [3.8, 4) is 0 Å². The zero-order chi connectivity index (χ0) is 9.97. The fourth-order valence-corrected chi connectivity index (χ4v) is 2.38.